The molecule has 0 unspecified atom stereocenters. The van der Waals surface area contributed by atoms with Crippen molar-refractivity contribution in [1.29, 1.82) is 0 Å². The topological polar surface area (TPSA) is 89.7 Å². The summed E-state index contributed by atoms with van der Waals surface area (Å²) in [6, 6.07) is 20.2. The second-order valence-electron chi connectivity index (χ2n) is 6.80. The molecule has 3 heterocycles. The van der Waals surface area contributed by atoms with E-state index in [-0.39, 0.29) is 6.79 Å². The third-order valence-electron chi connectivity index (χ3n) is 4.69. The van der Waals surface area contributed by atoms with Gasteiger partial charge in [0.25, 0.3) is 0 Å². The van der Waals surface area contributed by atoms with E-state index in [2.05, 4.69) is 15.3 Å². The fraction of sp³-hybridized carbons (Fsp3) is 0.0870. The number of para-hydroxylation sites is 2. The van der Waals surface area contributed by atoms with Crippen LogP contribution in [0, 0.1) is 0 Å². The SMILES string of the molecule is O=C(Nc1cc(-c2nc3ccccc3o2)ccn1)N(Cc1ccccc1)C1=COCO1. The Labute approximate surface area is 177 Å². The zero-order valence-corrected chi connectivity index (χ0v) is 16.4. The Morgan fingerprint density at radius 2 is 1.90 bits per heavy atom. The van der Waals surface area contributed by atoms with Crippen molar-refractivity contribution in [3.05, 3.63) is 90.6 Å². The average Bonchev–Trinajstić information content (AvgIpc) is 3.48. The van der Waals surface area contributed by atoms with Gasteiger partial charge in [0.15, 0.2) is 5.58 Å². The van der Waals surface area contributed by atoms with Crippen molar-refractivity contribution in [3.8, 4) is 11.5 Å². The number of anilines is 1. The molecule has 0 atom stereocenters. The fourth-order valence-electron chi connectivity index (χ4n) is 3.20. The van der Waals surface area contributed by atoms with Gasteiger partial charge in [0.2, 0.25) is 18.6 Å². The molecule has 8 heteroatoms. The number of hydrogen-bond donors (Lipinski definition) is 1. The van der Waals surface area contributed by atoms with Crippen LogP contribution in [0.1, 0.15) is 5.56 Å². The third-order valence-corrected chi connectivity index (χ3v) is 4.69. The van der Waals surface area contributed by atoms with Crippen molar-refractivity contribution < 1.29 is 18.7 Å². The van der Waals surface area contributed by atoms with Crippen LogP contribution < -0.4 is 5.32 Å². The second kappa shape index (κ2) is 8.19. The molecule has 0 saturated carbocycles. The van der Waals surface area contributed by atoms with Crippen LogP contribution in [0.3, 0.4) is 0 Å². The first-order valence-corrected chi connectivity index (χ1v) is 9.65. The van der Waals surface area contributed by atoms with Crippen LogP contribution in [-0.4, -0.2) is 27.7 Å². The molecule has 1 N–H and O–H groups in total. The zero-order chi connectivity index (χ0) is 21.0. The van der Waals surface area contributed by atoms with Gasteiger partial charge in [-0.2, -0.15) is 0 Å². The Morgan fingerprint density at radius 1 is 1.06 bits per heavy atom. The van der Waals surface area contributed by atoms with Crippen molar-refractivity contribution >= 4 is 22.9 Å². The number of carbonyl (C=O) groups excluding carboxylic acids is 1. The molecule has 154 valence electrons. The first kappa shape index (κ1) is 18.7. The summed E-state index contributed by atoms with van der Waals surface area (Å²) in [5.74, 6) is 1.15. The molecule has 8 nitrogen and oxygen atoms in total. The number of amides is 2. The summed E-state index contributed by atoms with van der Waals surface area (Å²) in [5.41, 5.74) is 3.11. The first-order chi connectivity index (χ1) is 15.3. The van der Waals surface area contributed by atoms with Crippen LogP contribution >= 0.6 is 0 Å². The molecule has 5 rings (SSSR count). The lowest BCUT2D eigenvalue weighted by atomic mass is 10.2. The first-order valence-electron chi connectivity index (χ1n) is 9.65. The molecule has 4 aromatic rings. The van der Waals surface area contributed by atoms with Crippen molar-refractivity contribution in [3.63, 3.8) is 0 Å². The predicted octanol–water partition coefficient (Wildman–Crippen LogP) is 4.73. The number of nitrogens with one attached hydrogen (secondary N) is 1. The molecule has 0 aliphatic carbocycles. The maximum atomic E-state index is 13.1. The minimum absolute atomic E-state index is 0.0688. The van der Waals surface area contributed by atoms with E-state index >= 15 is 0 Å². The highest BCUT2D eigenvalue weighted by Crippen LogP contribution is 2.25. The minimum atomic E-state index is -0.400. The van der Waals surface area contributed by atoms with Crippen LogP contribution in [0.25, 0.3) is 22.6 Å². The maximum absolute atomic E-state index is 13.1. The summed E-state index contributed by atoms with van der Waals surface area (Å²) >= 11 is 0. The molecule has 2 aromatic heterocycles. The Hall–Kier alpha value is -4.33. The van der Waals surface area contributed by atoms with E-state index in [1.165, 1.54) is 11.2 Å². The van der Waals surface area contributed by atoms with E-state index in [4.69, 9.17) is 13.9 Å². The summed E-state index contributed by atoms with van der Waals surface area (Å²) in [6.07, 6.45) is 3.01. The number of benzene rings is 2. The van der Waals surface area contributed by atoms with Gasteiger partial charge in [0.05, 0.1) is 6.54 Å². The third kappa shape index (κ3) is 4.04. The number of pyridine rings is 1. The van der Waals surface area contributed by atoms with E-state index < -0.39 is 6.03 Å². The fourth-order valence-corrected chi connectivity index (χ4v) is 3.20. The number of hydrogen-bond acceptors (Lipinski definition) is 6. The molecular formula is C23H18N4O4. The number of ether oxygens (including phenoxy) is 2. The Balaban J connectivity index is 1.38. The van der Waals surface area contributed by atoms with E-state index in [0.717, 1.165) is 11.1 Å². The van der Waals surface area contributed by atoms with Crippen LogP contribution in [0.2, 0.25) is 0 Å². The van der Waals surface area contributed by atoms with Crippen molar-refractivity contribution in [2.24, 2.45) is 0 Å². The molecule has 31 heavy (non-hydrogen) atoms. The molecular weight excluding hydrogens is 396 g/mol. The molecule has 1 aliphatic heterocycles. The van der Waals surface area contributed by atoms with Crippen LogP contribution in [0.5, 0.6) is 0 Å². The number of oxazole rings is 1. The molecule has 0 spiro atoms. The number of rotatable bonds is 5. The van der Waals surface area contributed by atoms with Crippen molar-refractivity contribution in [2.75, 3.05) is 12.1 Å². The Kier molecular flexibility index (Phi) is 4.94. The molecule has 0 fully saturated rings. The highest BCUT2D eigenvalue weighted by atomic mass is 16.7. The normalized spacial score (nSPS) is 12.7. The number of nitrogens with zero attached hydrogens (tertiary/aromatic N) is 3. The number of aromatic nitrogens is 2. The molecule has 0 bridgehead atoms. The van der Waals surface area contributed by atoms with E-state index in [9.17, 15) is 4.79 Å². The number of fused-ring (bicyclic) bond motifs is 1. The minimum Gasteiger partial charge on any atom is -0.459 e. The Bertz CT molecular complexity index is 1220. The molecule has 2 amide bonds. The van der Waals surface area contributed by atoms with Crippen molar-refractivity contribution in [1.82, 2.24) is 14.9 Å². The largest absolute Gasteiger partial charge is 0.459 e. The standard InChI is InChI=1S/C23H18N4O4/c28-23(27(21-14-29-15-30-21)13-16-6-2-1-3-7-16)26-20-12-17(10-11-24-20)22-25-18-8-4-5-9-19(18)31-22/h1-12,14H,13,15H2,(H,24,26,28). The van der Waals surface area contributed by atoms with Gasteiger partial charge in [-0.05, 0) is 29.8 Å². The zero-order valence-electron chi connectivity index (χ0n) is 16.4. The summed E-state index contributed by atoms with van der Waals surface area (Å²) in [5, 5.41) is 2.81. The average molecular weight is 414 g/mol. The van der Waals surface area contributed by atoms with E-state index in [1.54, 1.807) is 18.3 Å². The number of carbonyl (C=O) groups is 1. The van der Waals surface area contributed by atoms with E-state index in [1.807, 2.05) is 54.6 Å². The van der Waals surface area contributed by atoms with Gasteiger partial charge in [-0.25, -0.2) is 14.8 Å². The highest BCUT2D eigenvalue weighted by Gasteiger charge is 2.24. The Morgan fingerprint density at radius 3 is 2.71 bits per heavy atom. The quantitative estimate of drug-likeness (QED) is 0.508. The summed E-state index contributed by atoms with van der Waals surface area (Å²) < 4.78 is 16.4. The lowest BCUT2D eigenvalue weighted by molar-refractivity contribution is 0.0554. The smallest absolute Gasteiger partial charge is 0.330 e. The van der Waals surface area contributed by atoms with Crippen LogP contribution in [0.15, 0.2) is 89.5 Å². The van der Waals surface area contributed by atoms with Gasteiger partial charge in [-0.15, -0.1) is 0 Å². The van der Waals surface area contributed by atoms with Gasteiger partial charge in [0.1, 0.15) is 17.6 Å². The molecule has 2 aromatic carbocycles. The summed E-state index contributed by atoms with van der Waals surface area (Å²) in [6.45, 7) is 0.381. The summed E-state index contributed by atoms with van der Waals surface area (Å²) in [4.78, 5) is 23.3. The summed E-state index contributed by atoms with van der Waals surface area (Å²) in [7, 11) is 0. The van der Waals surface area contributed by atoms with Gasteiger partial charge in [-0.3, -0.25) is 10.2 Å². The van der Waals surface area contributed by atoms with Gasteiger partial charge in [-0.1, -0.05) is 42.5 Å². The molecule has 0 radical (unpaired) electrons. The van der Waals surface area contributed by atoms with Crippen molar-refractivity contribution in [2.45, 2.75) is 6.54 Å². The van der Waals surface area contributed by atoms with Gasteiger partial charge in [0, 0.05) is 11.8 Å². The maximum Gasteiger partial charge on any atom is 0.330 e. The van der Waals surface area contributed by atoms with Gasteiger partial charge < -0.3 is 13.9 Å². The molecule has 1 aliphatic rings. The van der Waals surface area contributed by atoms with Crippen LogP contribution in [-0.2, 0) is 16.0 Å². The van der Waals surface area contributed by atoms with Gasteiger partial charge >= 0.3 is 6.03 Å². The second-order valence-corrected chi connectivity index (χ2v) is 6.80. The lowest BCUT2D eigenvalue weighted by Crippen LogP contribution is -2.34. The highest BCUT2D eigenvalue weighted by molar-refractivity contribution is 5.90. The predicted molar refractivity (Wildman–Crippen MR) is 113 cm³/mol. The van der Waals surface area contributed by atoms with Crippen LogP contribution in [0.4, 0.5) is 10.6 Å². The van der Waals surface area contributed by atoms with E-state index in [0.29, 0.717) is 35.3 Å². The monoisotopic (exact) mass is 414 g/mol. The lowest BCUT2D eigenvalue weighted by Gasteiger charge is -2.22. The number of urea groups is 1. The molecule has 0 saturated heterocycles.